The Kier molecular flexibility index (Phi) is 5.26. The summed E-state index contributed by atoms with van der Waals surface area (Å²) in [6.45, 7) is 0. The van der Waals surface area contributed by atoms with Gasteiger partial charge in [-0.15, -0.1) is 0 Å². The predicted molar refractivity (Wildman–Crippen MR) is 87.2 cm³/mol. The number of methoxy groups -OCH3 is 1. The Morgan fingerprint density at radius 1 is 1.33 bits per heavy atom. The third-order valence-electron chi connectivity index (χ3n) is 2.64. The van der Waals surface area contributed by atoms with Gasteiger partial charge in [-0.3, -0.25) is 4.79 Å². The van der Waals surface area contributed by atoms with E-state index in [1.807, 2.05) is 18.2 Å². The molecule has 2 aromatic carbocycles. The summed E-state index contributed by atoms with van der Waals surface area (Å²) in [5.41, 5.74) is 3.39. The molecule has 0 unspecified atom stereocenters. The molecule has 0 fully saturated rings. The largest absolute Gasteiger partial charge is 0.496 e. The minimum absolute atomic E-state index is 0.219. The molecule has 1 N–H and O–H groups in total. The van der Waals surface area contributed by atoms with E-state index in [1.165, 1.54) is 24.4 Å². The van der Waals surface area contributed by atoms with E-state index < -0.39 is 11.7 Å². The lowest BCUT2D eigenvalue weighted by atomic mass is 10.2. The Labute approximate surface area is 135 Å². The molecule has 0 saturated carbocycles. The van der Waals surface area contributed by atoms with Crippen LogP contribution in [-0.4, -0.2) is 19.2 Å². The molecule has 0 radical (unpaired) electrons. The lowest BCUT2D eigenvalue weighted by molar-refractivity contribution is 0.0954. The molecule has 4 nitrogen and oxygen atoms in total. The van der Waals surface area contributed by atoms with Gasteiger partial charge in [-0.25, -0.2) is 9.82 Å². The molecule has 0 aliphatic carbocycles. The van der Waals surface area contributed by atoms with Crippen LogP contribution in [0.5, 0.6) is 5.75 Å². The number of rotatable bonds is 4. The van der Waals surface area contributed by atoms with Crippen LogP contribution in [-0.2, 0) is 0 Å². The molecule has 1 amide bonds. The SMILES string of the molecule is COc1ccc(/C=N/NC(=O)c2cccc(F)c2)cc1I. The third kappa shape index (κ3) is 4.25. The van der Waals surface area contributed by atoms with Gasteiger partial charge in [0.15, 0.2) is 0 Å². The standard InChI is InChI=1S/C15H12FIN2O2/c1-21-14-6-5-10(7-13(14)17)9-18-19-15(20)11-3-2-4-12(16)8-11/h2-9H,1H3,(H,19,20)/b18-9+. The second-order valence-corrected chi connectivity index (χ2v) is 5.27. The molecule has 0 bridgehead atoms. The maximum atomic E-state index is 13.0. The van der Waals surface area contributed by atoms with Crippen molar-refractivity contribution in [2.75, 3.05) is 7.11 Å². The molecule has 0 spiro atoms. The lowest BCUT2D eigenvalue weighted by Gasteiger charge is -2.03. The number of hydrazone groups is 1. The van der Waals surface area contributed by atoms with E-state index in [2.05, 4.69) is 33.1 Å². The summed E-state index contributed by atoms with van der Waals surface area (Å²) in [7, 11) is 1.60. The highest BCUT2D eigenvalue weighted by atomic mass is 127. The van der Waals surface area contributed by atoms with Crippen LogP contribution in [0.3, 0.4) is 0 Å². The second-order valence-electron chi connectivity index (χ2n) is 4.10. The van der Waals surface area contributed by atoms with Crippen LogP contribution in [0.25, 0.3) is 0 Å². The van der Waals surface area contributed by atoms with Crippen molar-refractivity contribution in [3.63, 3.8) is 0 Å². The van der Waals surface area contributed by atoms with Crippen molar-refractivity contribution in [1.82, 2.24) is 5.43 Å². The average molecular weight is 398 g/mol. The fourth-order valence-corrected chi connectivity index (χ4v) is 2.38. The summed E-state index contributed by atoms with van der Waals surface area (Å²) in [6, 6.07) is 10.9. The molecule has 0 heterocycles. The zero-order valence-corrected chi connectivity index (χ0v) is 13.3. The van der Waals surface area contributed by atoms with Crippen molar-refractivity contribution >= 4 is 34.7 Å². The first-order chi connectivity index (χ1) is 10.1. The highest BCUT2D eigenvalue weighted by Crippen LogP contribution is 2.20. The first-order valence-electron chi connectivity index (χ1n) is 6.02. The van der Waals surface area contributed by atoms with Crippen LogP contribution in [0.15, 0.2) is 47.6 Å². The van der Waals surface area contributed by atoms with E-state index >= 15 is 0 Å². The van der Waals surface area contributed by atoms with Crippen LogP contribution in [0.1, 0.15) is 15.9 Å². The smallest absolute Gasteiger partial charge is 0.271 e. The Hall–Kier alpha value is -1.96. The average Bonchev–Trinajstić information content (AvgIpc) is 2.47. The lowest BCUT2D eigenvalue weighted by Crippen LogP contribution is -2.17. The highest BCUT2D eigenvalue weighted by Gasteiger charge is 2.04. The number of nitrogens with one attached hydrogen (secondary N) is 1. The minimum Gasteiger partial charge on any atom is -0.496 e. The molecule has 0 aromatic heterocycles. The summed E-state index contributed by atoms with van der Waals surface area (Å²) in [5, 5.41) is 3.85. The Bertz CT molecular complexity index is 689. The summed E-state index contributed by atoms with van der Waals surface area (Å²) in [5.74, 6) is -0.151. The fourth-order valence-electron chi connectivity index (χ4n) is 1.62. The van der Waals surface area contributed by atoms with Crippen LogP contribution in [0.4, 0.5) is 4.39 Å². The molecule has 6 heteroatoms. The van der Waals surface area contributed by atoms with E-state index in [-0.39, 0.29) is 5.56 Å². The monoisotopic (exact) mass is 398 g/mol. The zero-order valence-electron chi connectivity index (χ0n) is 11.1. The molecule has 21 heavy (non-hydrogen) atoms. The summed E-state index contributed by atoms with van der Waals surface area (Å²) in [4.78, 5) is 11.7. The quantitative estimate of drug-likeness (QED) is 0.489. The van der Waals surface area contributed by atoms with Gasteiger partial charge in [0.05, 0.1) is 16.9 Å². The minimum atomic E-state index is -0.464. The van der Waals surface area contributed by atoms with Gasteiger partial charge in [-0.1, -0.05) is 6.07 Å². The number of halogens is 2. The molecular weight excluding hydrogens is 386 g/mol. The van der Waals surface area contributed by atoms with Crippen molar-refractivity contribution in [1.29, 1.82) is 0 Å². The Morgan fingerprint density at radius 3 is 2.81 bits per heavy atom. The van der Waals surface area contributed by atoms with Crippen molar-refractivity contribution < 1.29 is 13.9 Å². The van der Waals surface area contributed by atoms with Crippen molar-refractivity contribution in [2.45, 2.75) is 0 Å². The second kappa shape index (κ2) is 7.16. The number of hydrogen-bond acceptors (Lipinski definition) is 3. The summed E-state index contributed by atoms with van der Waals surface area (Å²) < 4.78 is 19.1. The molecule has 2 rings (SSSR count). The number of nitrogens with zero attached hydrogens (tertiary/aromatic N) is 1. The van der Waals surface area contributed by atoms with Crippen LogP contribution in [0, 0.1) is 9.39 Å². The fraction of sp³-hybridized carbons (Fsp3) is 0.0667. The first-order valence-corrected chi connectivity index (χ1v) is 7.10. The van der Waals surface area contributed by atoms with E-state index in [0.29, 0.717) is 0 Å². The van der Waals surface area contributed by atoms with Crippen LogP contribution >= 0.6 is 22.6 Å². The van der Waals surface area contributed by atoms with Crippen molar-refractivity contribution in [2.24, 2.45) is 5.10 Å². The van der Waals surface area contributed by atoms with Gasteiger partial charge in [-0.05, 0) is 64.6 Å². The number of amides is 1. The number of benzene rings is 2. The highest BCUT2D eigenvalue weighted by molar-refractivity contribution is 14.1. The molecule has 0 aliphatic heterocycles. The Balaban J connectivity index is 2.02. The van der Waals surface area contributed by atoms with E-state index in [0.717, 1.165) is 20.9 Å². The van der Waals surface area contributed by atoms with E-state index in [4.69, 9.17) is 4.74 Å². The van der Waals surface area contributed by atoms with Gasteiger partial charge in [0.2, 0.25) is 0 Å². The Morgan fingerprint density at radius 2 is 2.14 bits per heavy atom. The van der Waals surface area contributed by atoms with Gasteiger partial charge in [0.1, 0.15) is 11.6 Å². The van der Waals surface area contributed by atoms with Crippen LogP contribution < -0.4 is 10.2 Å². The van der Waals surface area contributed by atoms with Crippen LogP contribution in [0.2, 0.25) is 0 Å². The van der Waals surface area contributed by atoms with Gasteiger partial charge in [0, 0.05) is 5.56 Å². The molecule has 0 atom stereocenters. The summed E-state index contributed by atoms with van der Waals surface area (Å²) >= 11 is 2.15. The third-order valence-corrected chi connectivity index (χ3v) is 3.49. The molecular formula is C15H12FIN2O2. The van der Waals surface area contributed by atoms with Gasteiger partial charge in [0.25, 0.3) is 5.91 Å². The number of carbonyl (C=O) groups is 1. The van der Waals surface area contributed by atoms with Gasteiger partial charge in [-0.2, -0.15) is 5.10 Å². The summed E-state index contributed by atoms with van der Waals surface area (Å²) in [6.07, 6.45) is 1.51. The molecule has 108 valence electrons. The van der Waals surface area contributed by atoms with Gasteiger partial charge < -0.3 is 4.74 Å². The van der Waals surface area contributed by atoms with Gasteiger partial charge >= 0.3 is 0 Å². The van der Waals surface area contributed by atoms with Crippen molar-refractivity contribution in [3.05, 3.63) is 63.0 Å². The number of ether oxygens (including phenoxy) is 1. The molecule has 0 saturated heterocycles. The maximum Gasteiger partial charge on any atom is 0.271 e. The number of carbonyl (C=O) groups excluding carboxylic acids is 1. The zero-order chi connectivity index (χ0) is 15.2. The first kappa shape index (κ1) is 15.4. The molecule has 2 aromatic rings. The molecule has 0 aliphatic rings. The van der Waals surface area contributed by atoms with Crippen molar-refractivity contribution in [3.8, 4) is 5.75 Å². The predicted octanol–water partition coefficient (Wildman–Crippen LogP) is 3.20. The number of hydrogen-bond donors (Lipinski definition) is 1. The topological polar surface area (TPSA) is 50.7 Å². The van der Waals surface area contributed by atoms with E-state index in [1.54, 1.807) is 7.11 Å². The van der Waals surface area contributed by atoms with E-state index in [9.17, 15) is 9.18 Å². The maximum absolute atomic E-state index is 13.0. The normalized spacial score (nSPS) is 10.6.